The van der Waals surface area contributed by atoms with Crippen LogP contribution in [0.4, 0.5) is 0 Å². The van der Waals surface area contributed by atoms with Gasteiger partial charge in [-0.05, 0) is 44.3 Å². The molecule has 15 heavy (non-hydrogen) atoms. The van der Waals surface area contributed by atoms with Crippen molar-refractivity contribution >= 4 is 0 Å². The van der Waals surface area contributed by atoms with Gasteiger partial charge in [-0.15, -0.1) is 0 Å². The number of rotatable bonds is 9. The molecular formula is C13H30N2. The number of hydrogen-bond donors (Lipinski definition) is 1. The third-order valence-corrected chi connectivity index (χ3v) is 3.77. The van der Waals surface area contributed by atoms with Gasteiger partial charge >= 0.3 is 0 Å². The lowest BCUT2D eigenvalue weighted by atomic mass is 9.82. The Morgan fingerprint density at radius 3 is 2.00 bits per heavy atom. The first kappa shape index (κ1) is 14.9. The minimum absolute atomic E-state index is 0.351. The number of nitrogens with zero attached hydrogens (tertiary/aromatic N) is 1. The smallest absolute Gasteiger partial charge is 0.00497 e. The van der Waals surface area contributed by atoms with E-state index in [1.165, 1.54) is 38.8 Å². The van der Waals surface area contributed by atoms with E-state index in [9.17, 15) is 0 Å². The van der Waals surface area contributed by atoms with Gasteiger partial charge in [0.1, 0.15) is 0 Å². The Kier molecular flexibility index (Phi) is 8.07. The zero-order valence-corrected chi connectivity index (χ0v) is 11.2. The van der Waals surface area contributed by atoms with Crippen molar-refractivity contribution < 1.29 is 0 Å². The Labute approximate surface area is 96.2 Å². The lowest BCUT2D eigenvalue weighted by molar-refractivity contribution is 0.147. The molecule has 0 aromatic heterocycles. The van der Waals surface area contributed by atoms with Crippen LogP contribution in [0.3, 0.4) is 0 Å². The van der Waals surface area contributed by atoms with Gasteiger partial charge < -0.3 is 10.6 Å². The van der Waals surface area contributed by atoms with E-state index in [2.05, 4.69) is 32.6 Å². The standard InChI is InChI=1S/C13H30N2/c1-5-9-10-15(8-4)12-13(6-2,7-3)11-14/h5-12,14H2,1-4H3. The Bertz CT molecular complexity index is 133. The maximum absolute atomic E-state index is 5.93. The number of nitrogens with two attached hydrogens (primary N) is 1. The van der Waals surface area contributed by atoms with E-state index >= 15 is 0 Å². The number of hydrogen-bond acceptors (Lipinski definition) is 2. The molecule has 0 fully saturated rings. The second-order valence-corrected chi connectivity index (χ2v) is 4.63. The number of unbranched alkanes of at least 4 members (excludes halogenated alkanes) is 1. The van der Waals surface area contributed by atoms with E-state index in [4.69, 9.17) is 5.73 Å². The molecule has 0 saturated carbocycles. The van der Waals surface area contributed by atoms with Gasteiger partial charge in [-0.2, -0.15) is 0 Å². The molecule has 0 aromatic carbocycles. The normalized spacial score (nSPS) is 12.4. The van der Waals surface area contributed by atoms with E-state index in [-0.39, 0.29) is 0 Å². The molecule has 0 amide bonds. The summed E-state index contributed by atoms with van der Waals surface area (Å²) in [6.07, 6.45) is 4.98. The molecule has 0 aliphatic rings. The summed E-state index contributed by atoms with van der Waals surface area (Å²) >= 11 is 0. The molecule has 0 heterocycles. The van der Waals surface area contributed by atoms with Crippen LogP contribution < -0.4 is 5.73 Å². The molecule has 0 spiro atoms. The molecule has 0 rings (SSSR count). The fourth-order valence-electron chi connectivity index (χ4n) is 2.03. The van der Waals surface area contributed by atoms with Crippen LogP contribution in [0.25, 0.3) is 0 Å². The lowest BCUT2D eigenvalue weighted by Crippen LogP contribution is -2.42. The highest BCUT2D eigenvalue weighted by atomic mass is 15.1. The highest BCUT2D eigenvalue weighted by molar-refractivity contribution is 4.81. The van der Waals surface area contributed by atoms with Gasteiger partial charge in [0.25, 0.3) is 0 Å². The summed E-state index contributed by atoms with van der Waals surface area (Å²) in [5, 5.41) is 0. The van der Waals surface area contributed by atoms with Crippen LogP contribution in [0.1, 0.15) is 53.4 Å². The van der Waals surface area contributed by atoms with Gasteiger partial charge in [-0.3, -0.25) is 0 Å². The molecule has 0 aromatic rings. The average Bonchev–Trinajstić information content (AvgIpc) is 2.30. The zero-order chi connectivity index (χ0) is 11.7. The molecule has 92 valence electrons. The van der Waals surface area contributed by atoms with Gasteiger partial charge in [-0.1, -0.05) is 34.1 Å². The summed E-state index contributed by atoms with van der Waals surface area (Å²) in [6, 6.07) is 0. The molecule has 0 unspecified atom stereocenters. The van der Waals surface area contributed by atoms with Crippen LogP contribution in [0.5, 0.6) is 0 Å². The minimum atomic E-state index is 0.351. The monoisotopic (exact) mass is 214 g/mol. The first-order valence-electron chi connectivity index (χ1n) is 6.60. The third-order valence-electron chi connectivity index (χ3n) is 3.77. The van der Waals surface area contributed by atoms with Crippen LogP contribution in [0.15, 0.2) is 0 Å². The highest BCUT2D eigenvalue weighted by Gasteiger charge is 2.26. The molecular weight excluding hydrogens is 184 g/mol. The van der Waals surface area contributed by atoms with E-state index in [0.29, 0.717) is 5.41 Å². The average molecular weight is 214 g/mol. The van der Waals surface area contributed by atoms with Crippen molar-refractivity contribution in [2.75, 3.05) is 26.2 Å². The van der Waals surface area contributed by atoms with E-state index < -0.39 is 0 Å². The maximum atomic E-state index is 5.93. The summed E-state index contributed by atoms with van der Waals surface area (Å²) in [6.45, 7) is 13.4. The minimum Gasteiger partial charge on any atom is -0.330 e. The van der Waals surface area contributed by atoms with Crippen molar-refractivity contribution in [1.29, 1.82) is 0 Å². The van der Waals surface area contributed by atoms with Gasteiger partial charge in [0, 0.05) is 6.54 Å². The van der Waals surface area contributed by atoms with Crippen molar-refractivity contribution in [3.63, 3.8) is 0 Å². The zero-order valence-electron chi connectivity index (χ0n) is 11.2. The third kappa shape index (κ3) is 4.98. The summed E-state index contributed by atoms with van der Waals surface area (Å²) in [4.78, 5) is 2.56. The van der Waals surface area contributed by atoms with Crippen LogP contribution in [-0.4, -0.2) is 31.1 Å². The van der Waals surface area contributed by atoms with Crippen LogP contribution in [0, 0.1) is 5.41 Å². The van der Waals surface area contributed by atoms with Crippen LogP contribution in [-0.2, 0) is 0 Å². The van der Waals surface area contributed by atoms with Gasteiger partial charge in [0.2, 0.25) is 0 Å². The fourth-order valence-corrected chi connectivity index (χ4v) is 2.03. The second kappa shape index (κ2) is 8.12. The topological polar surface area (TPSA) is 29.3 Å². The lowest BCUT2D eigenvalue weighted by Gasteiger charge is -2.36. The molecule has 0 bridgehead atoms. The summed E-state index contributed by atoms with van der Waals surface area (Å²) < 4.78 is 0. The van der Waals surface area contributed by atoms with Crippen molar-refractivity contribution in [1.82, 2.24) is 4.90 Å². The SMILES string of the molecule is CCCCN(CC)CC(CC)(CC)CN. The highest BCUT2D eigenvalue weighted by Crippen LogP contribution is 2.26. The Morgan fingerprint density at radius 2 is 1.67 bits per heavy atom. The Morgan fingerprint density at radius 1 is 1.07 bits per heavy atom. The van der Waals surface area contributed by atoms with Gasteiger partial charge in [0.05, 0.1) is 0 Å². The predicted octanol–water partition coefficient (Wildman–Crippen LogP) is 2.87. The molecule has 0 aliphatic carbocycles. The predicted molar refractivity (Wildman–Crippen MR) is 69.1 cm³/mol. The molecule has 0 saturated heterocycles. The van der Waals surface area contributed by atoms with Crippen molar-refractivity contribution in [3.05, 3.63) is 0 Å². The molecule has 0 atom stereocenters. The van der Waals surface area contributed by atoms with Gasteiger partial charge in [0.15, 0.2) is 0 Å². The summed E-state index contributed by atoms with van der Waals surface area (Å²) in [5.41, 5.74) is 6.28. The second-order valence-electron chi connectivity index (χ2n) is 4.63. The molecule has 2 heteroatoms. The van der Waals surface area contributed by atoms with E-state index in [1.807, 2.05) is 0 Å². The summed E-state index contributed by atoms with van der Waals surface area (Å²) in [7, 11) is 0. The molecule has 0 radical (unpaired) electrons. The first-order valence-corrected chi connectivity index (χ1v) is 6.60. The van der Waals surface area contributed by atoms with Crippen LogP contribution >= 0.6 is 0 Å². The van der Waals surface area contributed by atoms with Crippen molar-refractivity contribution in [3.8, 4) is 0 Å². The molecule has 2 N–H and O–H groups in total. The van der Waals surface area contributed by atoms with E-state index in [0.717, 1.165) is 13.1 Å². The van der Waals surface area contributed by atoms with Crippen molar-refractivity contribution in [2.24, 2.45) is 11.1 Å². The van der Waals surface area contributed by atoms with E-state index in [1.54, 1.807) is 0 Å². The quantitative estimate of drug-likeness (QED) is 0.639. The van der Waals surface area contributed by atoms with Crippen molar-refractivity contribution in [2.45, 2.75) is 53.4 Å². The van der Waals surface area contributed by atoms with Gasteiger partial charge in [-0.25, -0.2) is 0 Å². The Balaban J connectivity index is 4.21. The fraction of sp³-hybridized carbons (Fsp3) is 1.00. The first-order chi connectivity index (χ1) is 7.17. The Hall–Kier alpha value is -0.0800. The summed E-state index contributed by atoms with van der Waals surface area (Å²) in [5.74, 6) is 0. The largest absolute Gasteiger partial charge is 0.330 e. The molecule has 2 nitrogen and oxygen atoms in total. The molecule has 0 aliphatic heterocycles. The maximum Gasteiger partial charge on any atom is 0.00497 e. The van der Waals surface area contributed by atoms with Crippen LogP contribution in [0.2, 0.25) is 0 Å².